The van der Waals surface area contributed by atoms with E-state index in [1.807, 2.05) is 30.1 Å². The molecule has 0 bridgehead atoms. The van der Waals surface area contributed by atoms with Gasteiger partial charge in [-0.05, 0) is 25.2 Å². The van der Waals surface area contributed by atoms with Crippen LogP contribution in [0.4, 0.5) is 11.4 Å². The molecule has 0 aliphatic carbocycles. The molecule has 6 nitrogen and oxygen atoms in total. The molecule has 0 radical (unpaired) electrons. The Morgan fingerprint density at radius 3 is 2.71 bits per heavy atom. The zero-order valence-corrected chi connectivity index (χ0v) is 14.9. The predicted octanol–water partition coefficient (Wildman–Crippen LogP) is 3.72. The highest BCUT2D eigenvalue weighted by atomic mass is 35.5. The summed E-state index contributed by atoms with van der Waals surface area (Å²) in [6.45, 7) is 7.72. The van der Waals surface area contributed by atoms with E-state index in [2.05, 4.69) is 28.9 Å². The third-order valence-corrected chi connectivity index (χ3v) is 4.36. The topological polar surface area (TPSA) is 50.7 Å². The maximum absolute atomic E-state index is 6.02. The molecule has 24 heavy (non-hydrogen) atoms. The molecule has 1 aliphatic heterocycles. The molecule has 0 saturated heterocycles. The Hall–Kier alpha value is -2.05. The van der Waals surface area contributed by atoms with Crippen molar-refractivity contribution in [3.63, 3.8) is 0 Å². The van der Waals surface area contributed by atoms with Gasteiger partial charge in [0.05, 0.1) is 5.69 Å². The Balaban J connectivity index is 1.74. The molecule has 1 aromatic carbocycles. The summed E-state index contributed by atoms with van der Waals surface area (Å²) in [5.74, 6) is 1.61. The first-order valence-electron chi connectivity index (χ1n) is 8.06. The number of anilines is 2. The van der Waals surface area contributed by atoms with Crippen LogP contribution in [0.3, 0.4) is 0 Å². The van der Waals surface area contributed by atoms with Gasteiger partial charge in [-0.2, -0.15) is 0 Å². The fraction of sp³-hybridized carbons (Fsp3) is 0.412. The van der Waals surface area contributed by atoms with Crippen LogP contribution in [0.2, 0.25) is 5.02 Å². The molecule has 0 fully saturated rings. The molecular weight excluding hydrogens is 328 g/mol. The van der Waals surface area contributed by atoms with Crippen molar-refractivity contribution in [2.75, 3.05) is 38.2 Å². The van der Waals surface area contributed by atoms with Gasteiger partial charge in [-0.25, -0.2) is 0 Å². The van der Waals surface area contributed by atoms with Crippen LogP contribution in [0.25, 0.3) is 0 Å². The molecule has 0 amide bonds. The summed E-state index contributed by atoms with van der Waals surface area (Å²) < 4.78 is 11.5. The Morgan fingerprint density at radius 1 is 1.17 bits per heavy atom. The van der Waals surface area contributed by atoms with Crippen molar-refractivity contribution in [2.45, 2.75) is 13.8 Å². The number of nitrogens with zero attached hydrogens (tertiary/aromatic N) is 4. The summed E-state index contributed by atoms with van der Waals surface area (Å²) in [5, 5.41) is 8.86. The normalized spacial score (nSPS) is 12.6. The number of rotatable bonds is 6. The molecule has 2 aromatic rings. The van der Waals surface area contributed by atoms with E-state index in [-0.39, 0.29) is 0 Å². The number of fused-ring (bicyclic) bond motifs is 2. The molecule has 3 rings (SSSR count). The number of benzene rings is 1. The largest absolute Gasteiger partial charge is 0.475 e. The van der Waals surface area contributed by atoms with Crippen molar-refractivity contribution in [1.82, 2.24) is 15.1 Å². The highest BCUT2D eigenvalue weighted by Gasteiger charge is 2.24. The lowest BCUT2D eigenvalue weighted by Gasteiger charge is -2.28. The summed E-state index contributed by atoms with van der Waals surface area (Å²) in [4.78, 5) is 4.29. The van der Waals surface area contributed by atoms with Crippen LogP contribution in [0.15, 0.2) is 24.3 Å². The molecule has 0 unspecified atom stereocenters. The van der Waals surface area contributed by atoms with E-state index in [9.17, 15) is 0 Å². The fourth-order valence-electron chi connectivity index (χ4n) is 2.64. The molecular formula is C17H21ClN4O2. The van der Waals surface area contributed by atoms with Gasteiger partial charge in [-0.3, -0.25) is 0 Å². The van der Waals surface area contributed by atoms with Gasteiger partial charge >= 0.3 is 0 Å². The molecule has 1 aromatic heterocycles. The standard InChI is InChI=1S/C17H21ClN4O2/c1-4-22(5-2)8-9-23-16-11-14-17(20-19-16)24-15-10-12(18)6-7-13(15)21(14)3/h6-7,10-11H,4-5,8-9H2,1-3H3. The van der Waals surface area contributed by atoms with Gasteiger partial charge < -0.3 is 19.3 Å². The predicted molar refractivity (Wildman–Crippen MR) is 94.9 cm³/mol. The minimum absolute atomic E-state index is 0.448. The van der Waals surface area contributed by atoms with E-state index in [0.717, 1.165) is 31.0 Å². The van der Waals surface area contributed by atoms with Crippen LogP contribution in [-0.4, -0.2) is 48.4 Å². The lowest BCUT2D eigenvalue weighted by Crippen LogP contribution is -2.28. The second-order valence-electron chi connectivity index (χ2n) is 5.52. The van der Waals surface area contributed by atoms with Gasteiger partial charge in [-0.1, -0.05) is 25.4 Å². The molecule has 0 atom stereocenters. The van der Waals surface area contributed by atoms with Crippen molar-refractivity contribution in [2.24, 2.45) is 0 Å². The highest BCUT2D eigenvalue weighted by molar-refractivity contribution is 6.30. The summed E-state index contributed by atoms with van der Waals surface area (Å²) in [6.07, 6.45) is 0. The van der Waals surface area contributed by atoms with Crippen molar-refractivity contribution in [1.29, 1.82) is 0 Å². The molecule has 7 heteroatoms. The number of likely N-dealkylation sites (N-methyl/N-ethyl adjacent to an activating group) is 1. The van der Waals surface area contributed by atoms with Crippen molar-refractivity contribution < 1.29 is 9.47 Å². The van der Waals surface area contributed by atoms with Crippen LogP contribution >= 0.6 is 11.6 Å². The highest BCUT2D eigenvalue weighted by Crippen LogP contribution is 2.45. The van der Waals surface area contributed by atoms with Gasteiger partial charge in [0.25, 0.3) is 5.88 Å². The number of halogens is 1. The van der Waals surface area contributed by atoms with Crippen LogP contribution in [0, 0.1) is 0 Å². The first-order valence-corrected chi connectivity index (χ1v) is 8.44. The third kappa shape index (κ3) is 3.39. The number of hydrogen-bond acceptors (Lipinski definition) is 6. The first-order chi connectivity index (χ1) is 11.6. The Kier molecular flexibility index (Phi) is 5.06. The Labute approximate surface area is 146 Å². The van der Waals surface area contributed by atoms with E-state index in [0.29, 0.717) is 29.1 Å². The van der Waals surface area contributed by atoms with Gasteiger partial charge in [-0.15, -0.1) is 10.2 Å². The van der Waals surface area contributed by atoms with E-state index >= 15 is 0 Å². The minimum Gasteiger partial charge on any atom is -0.475 e. The summed E-state index contributed by atoms with van der Waals surface area (Å²) >= 11 is 6.02. The van der Waals surface area contributed by atoms with Crippen molar-refractivity contribution >= 4 is 23.0 Å². The minimum atomic E-state index is 0.448. The van der Waals surface area contributed by atoms with Gasteiger partial charge in [0, 0.05) is 30.7 Å². The molecule has 1 aliphatic rings. The quantitative estimate of drug-likeness (QED) is 0.793. The number of hydrogen-bond donors (Lipinski definition) is 0. The van der Waals surface area contributed by atoms with Crippen molar-refractivity contribution in [3.8, 4) is 17.5 Å². The molecule has 0 saturated carbocycles. The summed E-state index contributed by atoms with van der Waals surface area (Å²) in [6, 6.07) is 7.37. The van der Waals surface area contributed by atoms with E-state index in [1.165, 1.54) is 0 Å². The number of aromatic nitrogens is 2. The van der Waals surface area contributed by atoms with E-state index in [1.54, 1.807) is 6.07 Å². The van der Waals surface area contributed by atoms with E-state index in [4.69, 9.17) is 21.1 Å². The molecule has 128 valence electrons. The maximum atomic E-state index is 6.02. The van der Waals surface area contributed by atoms with Crippen LogP contribution in [0.5, 0.6) is 17.5 Å². The van der Waals surface area contributed by atoms with Crippen LogP contribution in [-0.2, 0) is 0 Å². The Bertz CT molecular complexity index is 722. The van der Waals surface area contributed by atoms with Crippen LogP contribution in [0.1, 0.15) is 13.8 Å². The zero-order valence-electron chi connectivity index (χ0n) is 14.1. The third-order valence-electron chi connectivity index (χ3n) is 4.12. The SMILES string of the molecule is CCN(CC)CCOc1cc2c(nn1)Oc1cc(Cl)ccc1N2C. The fourth-order valence-corrected chi connectivity index (χ4v) is 2.80. The molecule has 2 heterocycles. The second kappa shape index (κ2) is 7.23. The monoisotopic (exact) mass is 348 g/mol. The van der Waals surface area contributed by atoms with Gasteiger partial charge in [0.1, 0.15) is 12.3 Å². The molecule has 0 N–H and O–H groups in total. The summed E-state index contributed by atoms with van der Waals surface area (Å²) in [5.41, 5.74) is 1.74. The molecule has 0 spiro atoms. The van der Waals surface area contributed by atoms with Crippen molar-refractivity contribution in [3.05, 3.63) is 29.3 Å². The lowest BCUT2D eigenvalue weighted by atomic mass is 10.2. The second-order valence-corrected chi connectivity index (χ2v) is 5.96. The smallest absolute Gasteiger partial charge is 0.263 e. The first kappa shape index (κ1) is 16.8. The summed E-state index contributed by atoms with van der Waals surface area (Å²) in [7, 11) is 1.95. The van der Waals surface area contributed by atoms with Gasteiger partial charge in [0.2, 0.25) is 5.88 Å². The Morgan fingerprint density at radius 2 is 1.96 bits per heavy atom. The number of ether oxygens (including phenoxy) is 2. The average Bonchev–Trinajstić information content (AvgIpc) is 2.59. The maximum Gasteiger partial charge on any atom is 0.263 e. The van der Waals surface area contributed by atoms with E-state index < -0.39 is 0 Å². The zero-order chi connectivity index (χ0) is 17.1. The van der Waals surface area contributed by atoms with Gasteiger partial charge in [0.15, 0.2) is 5.75 Å². The van der Waals surface area contributed by atoms with Crippen LogP contribution < -0.4 is 14.4 Å². The lowest BCUT2D eigenvalue weighted by molar-refractivity contribution is 0.216. The average molecular weight is 349 g/mol.